The predicted octanol–water partition coefficient (Wildman–Crippen LogP) is 3.00. The molecule has 34 heavy (non-hydrogen) atoms. The number of aliphatic hydroxyl groups is 2. The van der Waals surface area contributed by atoms with Crippen LogP contribution in [0.4, 0.5) is 0 Å². The molecule has 1 saturated carbocycles. The van der Waals surface area contributed by atoms with Crippen LogP contribution in [0.25, 0.3) is 0 Å². The Morgan fingerprint density at radius 3 is 2.76 bits per heavy atom. The fraction of sp³-hybridized carbons (Fsp3) is 0.679. The maximum absolute atomic E-state index is 13.2. The molecule has 6 aliphatic rings. The first kappa shape index (κ1) is 21.7. The standard InChI is InChI=1S/C28H34O6/c1-14(19-13-32-24(30)27(4)26(19,3)34-27)15-7-9-17-16(12-15)8-10-18-21(17)22-23(33-22)28(31)11-5-6-20(29)25(18,28)2/h5-7,9,12,14,18-19,21-24,30-31H,8,10-11,13H2,1-4H3/t14-,18+,19+,21-,22+,23-,24+,25-,26-,27-,28+/m0/s1. The number of carbonyl (C=O) groups excluding carboxylic acids is 1. The van der Waals surface area contributed by atoms with E-state index in [4.69, 9.17) is 14.2 Å². The average Bonchev–Trinajstić information content (AvgIpc) is 3.71. The second-order valence-electron chi connectivity index (χ2n) is 12.1. The molecule has 3 heterocycles. The minimum Gasteiger partial charge on any atom is -0.386 e. The Balaban J connectivity index is 1.22. The van der Waals surface area contributed by atoms with Crippen LogP contribution in [0.1, 0.15) is 69.1 Å². The molecule has 0 bridgehead atoms. The van der Waals surface area contributed by atoms with Crippen LogP contribution in [-0.4, -0.2) is 57.9 Å². The minimum absolute atomic E-state index is 0.0163. The Kier molecular flexibility index (Phi) is 4.08. The van der Waals surface area contributed by atoms with Crippen LogP contribution in [0.15, 0.2) is 30.4 Å². The van der Waals surface area contributed by atoms with Crippen molar-refractivity contribution in [2.24, 2.45) is 17.3 Å². The number of rotatable bonds is 2. The second-order valence-corrected chi connectivity index (χ2v) is 12.1. The minimum atomic E-state index is -1.10. The quantitative estimate of drug-likeness (QED) is 0.651. The van der Waals surface area contributed by atoms with Crippen molar-refractivity contribution in [1.82, 2.24) is 0 Å². The third-order valence-corrected chi connectivity index (χ3v) is 11.0. The summed E-state index contributed by atoms with van der Waals surface area (Å²) in [6.07, 6.45) is 4.57. The highest BCUT2D eigenvalue weighted by molar-refractivity contribution is 5.97. The molecular weight excluding hydrogens is 432 g/mol. The first-order chi connectivity index (χ1) is 16.1. The van der Waals surface area contributed by atoms with Gasteiger partial charge in [-0.3, -0.25) is 4.79 Å². The van der Waals surface area contributed by atoms with Crippen molar-refractivity contribution in [3.05, 3.63) is 47.0 Å². The molecule has 0 unspecified atom stereocenters. The molecule has 1 aromatic carbocycles. The summed E-state index contributed by atoms with van der Waals surface area (Å²) in [5.41, 5.74) is 0.917. The lowest BCUT2D eigenvalue weighted by molar-refractivity contribution is -0.164. The van der Waals surface area contributed by atoms with E-state index in [1.165, 1.54) is 16.7 Å². The molecule has 4 fully saturated rings. The van der Waals surface area contributed by atoms with Crippen LogP contribution in [0.2, 0.25) is 0 Å². The Hall–Kier alpha value is -1.57. The molecule has 0 spiro atoms. The number of ether oxygens (including phenoxy) is 3. The number of allylic oxidation sites excluding steroid dienone is 1. The predicted molar refractivity (Wildman–Crippen MR) is 123 cm³/mol. The number of hydrogen-bond donors (Lipinski definition) is 2. The van der Waals surface area contributed by atoms with Crippen LogP contribution in [0.3, 0.4) is 0 Å². The normalized spacial score (nSPS) is 53.1. The van der Waals surface area contributed by atoms with Gasteiger partial charge in [-0.1, -0.05) is 31.2 Å². The van der Waals surface area contributed by atoms with E-state index in [1.54, 1.807) is 6.08 Å². The molecule has 2 N–H and O–H groups in total. The first-order valence-corrected chi connectivity index (χ1v) is 12.8. The van der Waals surface area contributed by atoms with Crippen molar-refractivity contribution in [3.8, 4) is 0 Å². The van der Waals surface area contributed by atoms with E-state index in [-0.39, 0.29) is 41.7 Å². The summed E-state index contributed by atoms with van der Waals surface area (Å²) in [6, 6.07) is 6.78. The van der Waals surface area contributed by atoms with Crippen LogP contribution in [0, 0.1) is 17.3 Å². The molecule has 1 aromatic rings. The fourth-order valence-corrected chi connectivity index (χ4v) is 8.37. The van der Waals surface area contributed by atoms with E-state index < -0.39 is 28.5 Å². The lowest BCUT2D eigenvalue weighted by Gasteiger charge is -2.55. The molecule has 11 atom stereocenters. The molecule has 3 saturated heterocycles. The summed E-state index contributed by atoms with van der Waals surface area (Å²) < 4.78 is 17.9. The van der Waals surface area contributed by atoms with Crippen molar-refractivity contribution >= 4 is 5.78 Å². The number of epoxide rings is 2. The molecule has 3 aliphatic heterocycles. The second kappa shape index (κ2) is 6.40. The van der Waals surface area contributed by atoms with Gasteiger partial charge in [0.05, 0.1) is 18.1 Å². The molecule has 6 nitrogen and oxygen atoms in total. The monoisotopic (exact) mass is 466 g/mol. The van der Waals surface area contributed by atoms with Gasteiger partial charge in [-0.25, -0.2) is 0 Å². The van der Waals surface area contributed by atoms with Crippen LogP contribution < -0.4 is 0 Å². The van der Waals surface area contributed by atoms with Crippen molar-refractivity contribution in [1.29, 1.82) is 0 Å². The van der Waals surface area contributed by atoms with Gasteiger partial charge in [0.1, 0.15) is 22.9 Å². The number of hydrogen-bond acceptors (Lipinski definition) is 6. The van der Waals surface area contributed by atoms with Gasteiger partial charge in [-0.2, -0.15) is 0 Å². The summed E-state index contributed by atoms with van der Waals surface area (Å²) in [4.78, 5) is 13.2. The molecule has 0 amide bonds. The van der Waals surface area contributed by atoms with Gasteiger partial charge in [0.2, 0.25) is 0 Å². The Labute approximate surface area is 200 Å². The summed E-state index contributed by atoms with van der Waals surface area (Å²) in [5.74, 6) is 0.619. The average molecular weight is 467 g/mol. The number of benzene rings is 1. The first-order valence-electron chi connectivity index (χ1n) is 12.8. The highest BCUT2D eigenvalue weighted by Crippen LogP contribution is 2.66. The Bertz CT molecular complexity index is 1130. The third-order valence-electron chi connectivity index (χ3n) is 11.0. The molecule has 6 heteroatoms. The zero-order valence-corrected chi connectivity index (χ0v) is 20.3. The highest BCUT2D eigenvalue weighted by Gasteiger charge is 2.76. The number of aliphatic hydroxyl groups excluding tert-OH is 1. The van der Waals surface area contributed by atoms with Gasteiger partial charge in [0, 0.05) is 11.8 Å². The van der Waals surface area contributed by atoms with Gasteiger partial charge >= 0.3 is 0 Å². The number of carbonyl (C=O) groups is 1. The van der Waals surface area contributed by atoms with Crippen molar-refractivity contribution in [2.75, 3.05) is 6.61 Å². The molecule has 3 aliphatic carbocycles. The van der Waals surface area contributed by atoms with Crippen molar-refractivity contribution < 1.29 is 29.2 Å². The van der Waals surface area contributed by atoms with Crippen LogP contribution >= 0.6 is 0 Å². The summed E-state index contributed by atoms with van der Waals surface area (Å²) in [7, 11) is 0. The van der Waals surface area contributed by atoms with Crippen LogP contribution in [-0.2, 0) is 25.4 Å². The SMILES string of the molecule is C[C@@H](c1ccc2c(c1)CC[C@@H]1[C@H]2[C@H]2O[C@@H]2[C@]2(O)CC=CC(=O)[C@]12C)[C@H]1CO[C@@H](O)[C@]2(C)O[C@@]12C. The fourth-order valence-electron chi connectivity index (χ4n) is 8.37. The molecule has 7 rings (SSSR count). The van der Waals surface area contributed by atoms with Crippen molar-refractivity contribution in [2.45, 2.75) is 94.1 Å². The van der Waals surface area contributed by atoms with E-state index in [0.717, 1.165) is 12.8 Å². The zero-order valence-electron chi connectivity index (χ0n) is 20.3. The maximum atomic E-state index is 13.2. The molecule has 0 aromatic heterocycles. The zero-order chi connectivity index (χ0) is 23.8. The van der Waals surface area contributed by atoms with Gasteiger partial charge < -0.3 is 24.4 Å². The van der Waals surface area contributed by atoms with Crippen LogP contribution in [0.5, 0.6) is 0 Å². The Morgan fingerprint density at radius 1 is 1.18 bits per heavy atom. The summed E-state index contributed by atoms with van der Waals surface area (Å²) in [6.45, 7) is 8.69. The molecule has 182 valence electrons. The summed E-state index contributed by atoms with van der Waals surface area (Å²) in [5, 5.41) is 21.9. The van der Waals surface area contributed by atoms with E-state index in [9.17, 15) is 15.0 Å². The van der Waals surface area contributed by atoms with Gasteiger partial charge in [-0.15, -0.1) is 0 Å². The lowest BCUT2D eigenvalue weighted by atomic mass is 9.48. The van der Waals surface area contributed by atoms with E-state index >= 15 is 0 Å². The topological polar surface area (TPSA) is 91.8 Å². The number of fused-ring (bicyclic) bond motifs is 9. The number of ketones is 1. The molecular formula is C28H34O6. The Morgan fingerprint density at radius 2 is 1.97 bits per heavy atom. The number of aryl methyl sites for hydroxylation is 1. The third kappa shape index (κ3) is 2.33. The summed E-state index contributed by atoms with van der Waals surface area (Å²) >= 11 is 0. The van der Waals surface area contributed by atoms with Gasteiger partial charge in [-0.05, 0) is 74.6 Å². The van der Waals surface area contributed by atoms with E-state index in [2.05, 4.69) is 32.0 Å². The largest absolute Gasteiger partial charge is 0.386 e. The maximum Gasteiger partial charge on any atom is 0.186 e. The highest BCUT2D eigenvalue weighted by atomic mass is 16.7. The van der Waals surface area contributed by atoms with E-state index in [0.29, 0.717) is 13.0 Å². The van der Waals surface area contributed by atoms with Gasteiger partial charge in [0.25, 0.3) is 0 Å². The molecule has 0 radical (unpaired) electrons. The van der Waals surface area contributed by atoms with Crippen molar-refractivity contribution in [3.63, 3.8) is 0 Å². The lowest BCUT2D eigenvalue weighted by Crippen LogP contribution is -2.65. The smallest absolute Gasteiger partial charge is 0.186 e. The van der Waals surface area contributed by atoms with E-state index in [1.807, 2.05) is 19.9 Å². The van der Waals surface area contributed by atoms with Gasteiger partial charge in [0.15, 0.2) is 12.1 Å².